The molecule has 0 amide bonds. The van der Waals surface area contributed by atoms with Crippen LogP contribution < -0.4 is 11.2 Å². The maximum absolute atomic E-state index is 14.8. The Labute approximate surface area is 176 Å². The molecule has 1 aliphatic heterocycles. The third-order valence-corrected chi connectivity index (χ3v) is 6.31. The van der Waals surface area contributed by atoms with Crippen LogP contribution in [0.5, 0.6) is 0 Å². The Hall–Kier alpha value is -3.48. The molecule has 0 spiro atoms. The topological polar surface area (TPSA) is 48.9 Å². The number of aryl methyl sites for hydroxylation is 1. The second-order valence-corrected chi connectivity index (χ2v) is 8.02. The van der Waals surface area contributed by atoms with Crippen molar-refractivity contribution in [3.8, 4) is 11.3 Å². The van der Waals surface area contributed by atoms with Gasteiger partial charge in [0.25, 0.3) is 5.56 Å². The second kappa shape index (κ2) is 7.04. The quantitative estimate of drug-likeness (QED) is 0.493. The van der Waals surface area contributed by atoms with Gasteiger partial charge in [-0.3, -0.25) is 13.9 Å². The fourth-order valence-corrected chi connectivity index (χ4v) is 4.91. The Bertz CT molecular complexity index is 1450. The molecule has 0 saturated carbocycles. The standard InChI is InChI=1S/C24H21F2N3O2/c1-27-22-18(23(30)28(2)24(27)31)20(14-8-4-3-5-9-14)29-13-7-11-16(21(22)29)15-10-6-12-17(25)19(15)26/h3-6,8-10,12,16H,7,11,13H2,1-2H3. The molecular formula is C24H21F2N3O2. The first-order chi connectivity index (χ1) is 14.9. The molecule has 0 bridgehead atoms. The van der Waals surface area contributed by atoms with Crippen molar-refractivity contribution in [2.24, 2.45) is 14.1 Å². The normalized spacial score (nSPS) is 15.9. The maximum atomic E-state index is 14.8. The summed E-state index contributed by atoms with van der Waals surface area (Å²) >= 11 is 0. The highest BCUT2D eigenvalue weighted by molar-refractivity contribution is 5.96. The van der Waals surface area contributed by atoms with Gasteiger partial charge in [0.15, 0.2) is 11.6 Å². The van der Waals surface area contributed by atoms with Crippen LogP contribution in [-0.2, 0) is 20.6 Å². The number of benzene rings is 2. The molecular weight excluding hydrogens is 400 g/mol. The summed E-state index contributed by atoms with van der Waals surface area (Å²) in [6, 6.07) is 13.7. The van der Waals surface area contributed by atoms with Crippen molar-refractivity contribution >= 4 is 10.9 Å². The lowest BCUT2D eigenvalue weighted by Crippen LogP contribution is -2.37. The molecule has 1 atom stereocenters. The third-order valence-electron chi connectivity index (χ3n) is 6.31. The fourth-order valence-electron chi connectivity index (χ4n) is 4.91. The van der Waals surface area contributed by atoms with E-state index in [0.717, 1.165) is 22.6 Å². The lowest BCUT2D eigenvalue weighted by atomic mass is 9.87. The van der Waals surface area contributed by atoms with Crippen LogP contribution >= 0.6 is 0 Å². The molecule has 1 unspecified atom stereocenters. The van der Waals surface area contributed by atoms with Crippen molar-refractivity contribution in [1.82, 2.24) is 13.7 Å². The van der Waals surface area contributed by atoms with Crippen LogP contribution in [0.2, 0.25) is 0 Å². The first-order valence-corrected chi connectivity index (χ1v) is 10.2. The smallest absolute Gasteiger partial charge is 0.331 e. The lowest BCUT2D eigenvalue weighted by Gasteiger charge is -2.27. The van der Waals surface area contributed by atoms with Gasteiger partial charge >= 0.3 is 5.69 Å². The monoisotopic (exact) mass is 421 g/mol. The van der Waals surface area contributed by atoms with Crippen LogP contribution in [0.25, 0.3) is 22.2 Å². The van der Waals surface area contributed by atoms with Crippen molar-refractivity contribution < 1.29 is 8.78 Å². The SMILES string of the molecule is Cn1c(=O)c2c(-c3ccccc3)n3c(c2n(C)c1=O)C(c1cccc(F)c1F)CCC3. The number of halogens is 2. The number of rotatable bonds is 2. The molecule has 0 aliphatic carbocycles. The molecule has 2 aromatic carbocycles. The second-order valence-electron chi connectivity index (χ2n) is 8.02. The van der Waals surface area contributed by atoms with Gasteiger partial charge in [-0.2, -0.15) is 0 Å². The maximum Gasteiger partial charge on any atom is 0.331 e. The summed E-state index contributed by atoms with van der Waals surface area (Å²) in [6.07, 6.45) is 1.33. The number of fused-ring (bicyclic) bond motifs is 3. The van der Waals surface area contributed by atoms with E-state index in [4.69, 9.17) is 0 Å². The van der Waals surface area contributed by atoms with E-state index in [0.29, 0.717) is 35.3 Å². The number of nitrogens with zero attached hydrogens (tertiary/aromatic N) is 3. The van der Waals surface area contributed by atoms with Crippen molar-refractivity contribution in [3.05, 3.63) is 92.3 Å². The van der Waals surface area contributed by atoms with Gasteiger partial charge in [0.1, 0.15) is 0 Å². The van der Waals surface area contributed by atoms with Gasteiger partial charge in [-0.15, -0.1) is 0 Å². The average Bonchev–Trinajstić information content (AvgIpc) is 3.14. The van der Waals surface area contributed by atoms with E-state index in [1.807, 2.05) is 34.9 Å². The summed E-state index contributed by atoms with van der Waals surface area (Å²) in [5.74, 6) is -2.26. The van der Waals surface area contributed by atoms with Crippen molar-refractivity contribution in [1.29, 1.82) is 0 Å². The Balaban J connectivity index is 1.97. The molecule has 4 aromatic rings. The molecule has 0 fully saturated rings. The van der Waals surface area contributed by atoms with Crippen LogP contribution in [0.15, 0.2) is 58.1 Å². The Kier molecular flexibility index (Phi) is 4.43. The van der Waals surface area contributed by atoms with Crippen molar-refractivity contribution in [3.63, 3.8) is 0 Å². The summed E-state index contributed by atoms with van der Waals surface area (Å²) in [5.41, 5.74) is 2.13. The minimum Gasteiger partial charge on any atom is -0.341 e. The van der Waals surface area contributed by atoms with E-state index in [-0.39, 0.29) is 5.56 Å². The summed E-state index contributed by atoms with van der Waals surface area (Å²) in [5, 5.41) is 0.425. The van der Waals surface area contributed by atoms with Crippen LogP contribution in [0, 0.1) is 11.6 Å². The van der Waals surface area contributed by atoms with E-state index >= 15 is 0 Å². The number of hydrogen-bond acceptors (Lipinski definition) is 2. The summed E-state index contributed by atoms with van der Waals surface area (Å²) in [4.78, 5) is 26.1. The van der Waals surface area contributed by atoms with Gasteiger partial charge < -0.3 is 4.57 Å². The van der Waals surface area contributed by atoms with Crippen molar-refractivity contribution in [2.75, 3.05) is 0 Å². The van der Waals surface area contributed by atoms with Gasteiger partial charge in [-0.1, -0.05) is 42.5 Å². The number of hydrogen-bond donors (Lipinski definition) is 0. The fraction of sp³-hybridized carbons (Fsp3) is 0.250. The minimum atomic E-state index is -0.904. The van der Waals surface area contributed by atoms with E-state index in [2.05, 4.69) is 0 Å². The Morgan fingerprint density at radius 1 is 0.935 bits per heavy atom. The number of aromatic nitrogens is 3. The van der Waals surface area contributed by atoms with Gasteiger partial charge in [0, 0.05) is 26.6 Å². The highest BCUT2D eigenvalue weighted by atomic mass is 19.2. The zero-order chi connectivity index (χ0) is 21.9. The Morgan fingerprint density at radius 2 is 1.68 bits per heavy atom. The molecule has 5 nitrogen and oxygen atoms in total. The zero-order valence-corrected chi connectivity index (χ0v) is 17.2. The molecule has 3 heterocycles. The van der Waals surface area contributed by atoms with E-state index < -0.39 is 28.8 Å². The molecule has 1 aliphatic rings. The molecule has 0 saturated heterocycles. The van der Waals surface area contributed by atoms with Crippen molar-refractivity contribution in [2.45, 2.75) is 25.3 Å². The molecule has 7 heteroatoms. The highest BCUT2D eigenvalue weighted by Gasteiger charge is 2.33. The van der Waals surface area contributed by atoms with Gasteiger partial charge in [0.05, 0.1) is 22.3 Å². The lowest BCUT2D eigenvalue weighted by molar-refractivity contribution is 0.457. The molecule has 31 heavy (non-hydrogen) atoms. The zero-order valence-electron chi connectivity index (χ0n) is 17.2. The summed E-state index contributed by atoms with van der Waals surface area (Å²) < 4.78 is 33.4. The predicted octanol–water partition coefficient (Wildman–Crippen LogP) is 3.91. The van der Waals surface area contributed by atoms with Gasteiger partial charge in [-0.25, -0.2) is 13.6 Å². The Morgan fingerprint density at radius 3 is 2.42 bits per heavy atom. The van der Waals surface area contributed by atoms with E-state index in [9.17, 15) is 18.4 Å². The van der Waals surface area contributed by atoms with Gasteiger partial charge in [-0.05, 0) is 30.0 Å². The van der Waals surface area contributed by atoms with E-state index in [1.165, 1.54) is 17.7 Å². The van der Waals surface area contributed by atoms with Gasteiger partial charge in [0.2, 0.25) is 0 Å². The molecule has 5 rings (SSSR count). The summed E-state index contributed by atoms with van der Waals surface area (Å²) in [7, 11) is 3.08. The first kappa shape index (κ1) is 19.5. The minimum absolute atomic E-state index is 0.244. The average molecular weight is 421 g/mol. The first-order valence-electron chi connectivity index (χ1n) is 10.2. The summed E-state index contributed by atoms with van der Waals surface area (Å²) in [6.45, 7) is 0.624. The molecule has 2 aromatic heterocycles. The largest absolute Gasteiger partial charge is 0.341 e. The third kappa shape index (κ3) is 2.72. The highest BCUT2D eigenvalue weighted by Crippen LogP contribution is 2.43. The molecule has 0 N–H and O–H groups in total. The van der Waals surface area contributed by atoms with Crippen LogP contribution in [0.4, 0.5) is 8.78 Å². The molecule has 158 valence electrons. The van der Waals surface area contributed by atoms with Crippen LogP contribution in [0.3, 0.4) is 0 Å². The molecule has 0 radical (unpaired) electrons. The predicted molar refractivity (Wildman–Crippen MR) is 115 cm³/mol. The van der Waals surface area contributed by atoms with Crippen LogP contribution in [-0.4, -0.2) is 13.7 Å². The van der Waals surface area contributed by atoms with Crippen LogP contribution in [0.1, 0.15) is 30.0 Å². The van der Waals surface area contributed by atoms with E-state index in [1.54, 1.807) is 13.1 Å².